The van der Waals surface area contributed by atoms with Crippen LogP contribution in [-0.2, 0) is 9.53 Å². The van der Waals surface area contributed by atoms with Crippen molar-refractivity contribution in [2.24, 2.45) is 0 Å². The molecule has 1 aliphatic rings. The van der Waals surface area contributed by atoms with Crippen LogP contribution in [0.4, 0.5) is 16.4 Å². The number of amides is 2. The van der Waals surface area contributed by atoms with Crippen LogP contribution >= 0.6 is 0 Å². The molecule has 0 bridgehead atoms. The van der Waals surface area contributed by atoms with Gasteiger partial charge in [0.25, 0.3) is 0 Å². The summed E-state index contributed by atoms with van der Waals surface area (Å²) in [7, 11) is 0. The lowest BCUT2D eigenvalue weighted by Gasteiger charge is -2.36. The van der Waals surface area contributed by atoms with E-state index in [1.807, 2.05) is 82.4 Å². The number of anilines is 2. The van der Waals surface area contributed by atoms with Crippen LogP contribution in [-0.4, -0.2) is 50.0 Å². The quantitative estimate of drug-likeness (QED) is 0.285. The molecule has 0 aliphatic carbocycles. The zero-order valence-corrected chi connectivity index (χ0v) is 23.9. The van der Waals surface area contributed by atoms with E-state index in [2.05, 4.69) is 31.7 Å². The molecule has 212 valence electrons. The monoisotopic (exact) mass is 552 g/mol. The van der Waals surface area contributed by atoms with Gasteiger partial charge in [-0.05, 0) is 100 Å². The minimum absolute atomic E-state index is 0.165. The third-order valence-corrected chi connectivity index (χ3v) is 7.05. The number of piperidine rings is 1. The van der Waals surface area contributed by atoms with Gasteiger partial charge in [0.15, 0.2) is 0 Å². The van der Waals surface area contributed by atoms with Crippen molar-refractivity contribution in [3.05, 3.63) is 78.8 Å². The zero-order chi connectivity index (χ0) is 29.0. The van der Waals surface area contributed by atoms with E-state index >= 15 is 0 Å². The third kappa shape index (κ3) is 6.98. The maximum Gasteiger partial charge on any atom is 0.410 e. The summed E-state index contributed by atoms with van der Waals surface area (Å²) in [5.74, 6) is 0.338. The number of hydrogen-bond donors (Lipinski definition) is 2. The van der Waals surface area contributed by atoms with E-state index < -0.39 is 17.7 Å². The summed E-state index contributed by atoms with van der Waals surface area (Å²) < 4.78 is 5.54. The van der Waals surface area contributed by atoms with Crippen molar-refractivity contribution in [3.8, 4) is 11.1 Å². The molecule has 3 heterocycles. The molecule has 1 saturated heterocycles. The zero-order valence-electron chi connectivity index (χ0n) is 23.9. The molecule has 41 heavy (non-hydrogen) atoms. The van der Waals surface area contributed by atoms with Gasteiger partial charge in [-0.3, -0.25) is 14.7 Å². The normalized spacial score (nSPS) is 16.2. The van der Waals surface area contributed by atoms with Crippen molar-refractivity contribution < 1.29 is 14.3 Å². The molecule has 9 nitrogen and oxygen atoms in total. The van der Waals surface area contributed by atoms with Gasteiger partial charge in [0, 0.05) is 36.2 Å². The van der Waals surface area contributed by atoms with E-state index in [4.69, 9.17) is 4.74 Å². The molecule has 5 rings (SSSR count). The minimum Gasteiger partial charge on any atom is -0.444 e. The summed E-state index contributed by atoms with van der Waals surface area (Å²) >= 11 is 0. The van der Waals surface area contributed by atoms with Crippen molar-refractivity contribution in [1.82, 2.24) is 25.2 Å². The second-order valence-corrected chi connectivity index (χ2v) is 11.4. The predicted octanol–water partition coefficient (Wildman–Crippen LogP) is 6.40. The maximum absolute atomic E-state index is 13.2. The van der Waals surface area contributed by atoms with Gasteiger partial charge >= 0.3 is 6.09 Å². The summed E-state index contributed by atoms with van der Waals surface area (Å²) in [6, 6.07) is 17.1. The first-order chi connectivity index (χ1) is 19.7. The van der Waals surface area contributed by atoms with Gasteiger partial charge in [0.2, 0.25) is 11.9 Å². The molecular formula is C32H36N6O3. The second-order valence-electron chi connectivity index (χ2n) is 11.4. The van der Waals surface area contributed by atoms with Crippen molar-refractivity contribution in [1.29, 1.82) is 0 Å². The van der Waals surface area contributed by atoms with E-state index in [0.29, 0.717) is 18.9 Å². The van der Waals surface area contributed by atoms with E-state index in [9.17, 15) is 9.59 Å². The summed E-state index contributed by atoms with van der Waals surface area (Å²) in [5, 5.41) is 7.30. The third-order valence-electron chi connectivity index (χ3n) is 7.05. The molecule has 0 radical (unpaired) electrons. The Kier molecular flexibility index (Phi) is 8.14. The number of carbonyl (C=O) groups is 2. The molecule has 1 aliphatic heterocycles. The Bertz CT molecular complexity index is 1520. The number of nitrogens with zero attached hydrogens (tertiary/aromatic N) is 4. The molecule has 2 aromatic carbocycles. The number of rotatable bonds is 6. The van der Waals surface area contributed by atoms with Crippen molar-refractivity contribution >= 4 is 34.5 Å². The highest BCUT2D eigenvalue weighted by Gasteiger charge is 2.35. The molecule has 2 atom stereocenters. The van der Waals surface area contributed by atoms with Gasteiger partial charge in [-0.15, -0.1) is 0 Å². The Hall–Kier alpha value is -4.53. The predicted molar refractivity (Wildman–Crippen MR) is 160 cm³/mol. The Morgan fingerprint density at radius 3 is 2.49 bits per heavy atom. The van der Waals surface area contributed by atoms with Crippen LogP contribution in [0, 0.1) is 0 Å². The first-order valence-corrected chi connectivity index (χ1v) is 14.0. The fraction of sp³-hybridized carbons (Fsp3) is 0.344. The first-order valence-electron chi connectivity index (χ1n) is 14.0. The molecule has 4 aromatic rings. The molecule has 9 heteroatoms. The lowest BCUT2D eigenvalue weighted by atomic mass is 10.0. The Labute approximate surface area is 240 Å². The lowest BCUT2D eigenvalue weighted by molar-refractivity contribution is -0.128. The number of benzene rings is 2. The molecule has 0 spiro atoms. The summed E-state index contributed by atoms with van der Waals surface area (Å²) in [5.41, 5.74) is 4.20. The Morgan fingerprint density at radius 1 is 1.00 bits per heavy atom. The lowest BCUT2D eigenvalue weighted by Crippen LogP contribution is -2.53. The molecular weight excluding hydrogens is 516 g/mol. The number of fused-ring (bicyclic) bond motifs is 1. The van der Waals surface area contributed by atoms with Gasteiger partial charge in [-0.2, -0.15) is 0 Å². The highest BCUT2D eigenvalue weighted by atomic mass is 16.6. The van der Waals surface area contributed by atoms with Crippen LogP contribution in [0.3, 0.4) is 0 Å². The molecule has 0 saturated carbocycles. The highest BCUT2D eigenvalue weighted by Crippen LogP contribution is 2.25. The molecule has 2 aromatic heterocycles. The van der Waals surface area contributed by atoms with E-state index in [-0.39, 0.29) is 11.9 Å². The van der Waals surface area contributed by atoms with Crippen LogP contribution < -0.4 is 10.6 Å². The largest absolute Gasteiger partial charge is 0.444 e. The maximum atomic E-state index is 13.2. The van der Waals surface area contributed by atoms with Gasteiger partial charge in [0.05, 0.1) is 11.6 Å². The van der Waals surface area contributed by atoms with Crippen LogP contribution in [0.2, 0.25) is 0 Å². The van der Waals surface area contributed by atoms with Crippen molar-refractivity contribution in [2.75, 3.05) is 11.9 Å². The summed E-state index contributed by atoms with van der Waals surface area (Å²) in [6.07, 6.45) is 7.31. The standard InChI is InChI=1S/C32H36N6O3/c1-21(35-29(39)28-7-5-6-18-38(28)31(40)41-32(2,3)4)22-8-11-26(12-9-22)36-30-34-20-25-19-24(10-13-27(25)37-30)23-14-16-33-17-15-23/h8-17,19-21,28H,5-7,18H2,1-4H3,(H,35,39)(H,34,36,37). The Balaban J connectivity index is 1.21. The fourth-order valence-electron chi connectivity index (χ4n) is 4.94. The van der Waals surface area contributed by atoms with E-state index in [1.165, 1.54) is 0 Å². The number of nitrogens with one attached hydrogen (secondary N) is 2. The topological polar surface area (TPSA) is 109 Å². The minimum atomic E-state index is -0.611. The molecule has 1 fully saturated rings. The average molecular weight is 553 g/mol. The smallest absolute Gasteiger partial charge is 0.410 e. The number of ether oxygens (including phenoxy) is 1. The summed E-state index contributed by atoms with van der Waals surface area (Å²) in [6.45, 7) is 7.95. The van der Waals surface area contributed by atoms with Crippen molar-refractivity contribution in [3.63, 3.8) is 0 Å². The van der Waals surface area contributed by atoms with E-state index in [0.717, 1.165) is 46.1 Å². The van der Waals surface area contributed by atoms with Crippen LogP contribution in [0.25, 0.3) is 22.0 Å². The summed E-state index contributed by atoms with van der Waals surface area (Å²) in [4.78, 5) is 40.7. The number of aromatic nitrogens is 3. The van der Waals surface area contributed by atoms with Gasteiger partial charge < -0.3 is 15.4 Å². The van der Waals surface area contributed by atoms with Crippen LogP contribution in [0.5, 0.6) is 0 Å². The first kappa shape index (κ1) is 28.0. The second kappa shape index (κ2) is 11.9. The average Bonchev–Trinajstić information content (AvgIpc) is 2.97. The van der Waals surface area contributed by atoms with E-state index in [1.54, 1.807) is 17.3 Å². The number of likely N-dealkylation sites (tertiary alicyclic amines) is 1. The van der Waals surface area contributed by atoms with Crippen LogP contribution in [0.1, 0.15) is 58.6 Å². The number of pyridine rings is 1. The molecule has 2 N–H and O–H groups in total. The van der Waals surface area contributed by atoms with Crippen LogP contribution in [0.15, 0.2) is 73.2 Å². The van der Waals surface area contributed by atoms with Gasteiger partial charge in [-0.1, -0.05) is 18.2 Å². The van der Waals surface area contributed by atoms with Crippen molar-refractivity contribution in [2.45, 2.75) is 64.6 Å². The number of hydrogen-bond acceptors (Lipinski definition) is 7. The fourth-order valence-corrected chi connectivity index (χ4v) is 4.94. The Morgan fingerprint density at radius 2 is 1.76 bits per heavy atom. The molecule has 2 unspecified atom stereocenters. The van der Waals surface area contributed by atoms with Gasteiger partial charge in [0.1, 0.15) is 11.6 Å². The SMILES string of the molecule is CC(NC(=O)C1CCCCN1C(=O)OC(C)(C)C)c1ccc(Nc2ncc3cc(-c4ccncc4)ccc3n2)cc1. The van der Waals surface area contributed by atoms with Gasteiger partial charge in [-0.25, -0.2) is 14.8 Å². The molecule has 2 amide bonds. The highest BCUT2D eigenvalue weighted by molar-refractivity contribution is 5.86. The number of carbonyl (C=O) groups excluding carboxylic acids is 2.